The van der Waals surface area contributed by atoms with E-state index in [9.17, 15) is 13.2 Å². The number of halogens is 3. The number of alkyl halides is 3. The van der Waals surface area contributed by atoms with Crippen molar-refractivity contribution in [2.45, 2.75) is 31.6 Å². The predicted molar refractivity (Wildman–Crippen MR) is 71.9 cm³/mol. The van der Waals surface area contributed by atoms with E-state index in [1.165, 1.54) is 6.20 Å². The van der Waals surface area contributed by atoms with Gasteiger partial charge in [0.05, 0.1) is 6.54 Å². The van der Waals surface area contributed by atoms with Crippen LogP contribution in [0.3, 0.4) is 0 Å². The second kappa shape index (κ2) is 6.19. The Balaban J connectivity index is 2.00. The minimum atomic E-state index is -4.40. The van der Waals surface area contributed by atoms with E-state index in [1.54, 1.807) is 12.1 Å². The Morgan fingerprint density at radius 2 is 2.24 bits per heavy atom. The second-order valence-corrected chi connectivity index (χ2v) is 4.89. The normalized spacial score (nSPS) is 15.9. The maximum Gasteiger partial charge on any atom is 0.422 e. The van der Waals surface area contributed by atoms with Crippen LogP contribution >= 0.6 is 0 Å². The largest absolute Gasteiger partial charge is 0.468 e. The quantitative estimate of drug-likeness (QED) is 0.667. The molecule has 1 fully saturated rings. The third-order valence-electron chi connectivity index (χ3n) is 3.09. The van der Waals surface area contributed by atoms with E-state index in [1.807, 2.05) is 11.9 Å². The molecule has 1 aromatic rings. The van der Waals surface area contributed by atoms with E-state index in [2.05, 4.69) is 9.98 Å². The average Bonchev–Trinajstić information content (AvgIpc) is 3.26. The van der Waals surface area contributed by atoms with E-state index in [4.69, 9.17) is 10.5 Å². The summed E-state index contributed by atoms with van der Waals surface area (Å²) in [5, 5.41) is 0. The Kier molecular flexibility index (Phi) is 4.54. The first-order valence-corrected chi connectivity index (χ1v) is 6.53. The van der Waals surface area contributed by atoms with Crippen LogP contribution in [0.2, 0.25) is 0 Å². The topological polar surface area (TPSA) is 63.7 Å². The van der Waals surface area contributed by atoms with Gasteiger partial charge in [0.25, 0.3) is 0 Å². The van der Waals surface area contributed by atoms with Crippen LogP contribution in [0, 0.1) is 0 Å². The van der Waals surface area contributed by atoms with Gasteiger partial charge in [-0.3, -0.25) is 0 Å². The molecule has 1 aliphatic rings. The molecule has 5 nitrogen and oxygen atoms in total. The number of nitrogens with two attached hydrogens (primary N) is 1. The maximum absolute atomic E-state index is 12.2. The minimum Gasteiger partial charge on any atom is -0.468 e. The van der Waals surface area contributed by atoms with Crippen LogP contribution in [0.1, 0.15) is 18.4 Å². The third-order valence-corrected chi connectivity index (χ3v) is 3.09. The van der Waals surface area contributed by atoms with E-state index in [0.29, 0.717) is 17.6 Å². The lowest BCUT2D eigenvalue weighted by Gasteiger charge is -2.17. The zero-order valence-electron chi connectivity index (χ0n) is 11.6. The van der Waals surface area contributed by atoms with Crippen molar-refractivity contribution in [2.75, 3.05) is 13.7 Å². The van der Waals surface area contributed by atoms with Crippen LogP contribution in [0.4, 0.5) is 13.2 Å². The summed E-state index contributed by atoms with van der Waals surface area (Å²) in [6.45, 7) is -1.25. The highest BCUT2D eigenvalue weighted by atomic mass is 19.4. The van der Waals surface area contributed by atoms with Gasteiger partial charge in [0.2, 0.25) is 5.88 Å². The highest BCUT2D eigenvalue weighted by Gasteiger charge is 2.29. The zero-order valence-corrected chi connectivity index (χ0v) is 11.6. The highest BCUT2D eigenvalue weighted by Crippen LogP contribution is 2.25. The Bertz CT molecular complexity index is 514. The van der Waals surface area contributed by atoms with E-state index < -0.39 is 12.8 Å². The van der Waals surface area contributed by atoms with Crippen LogP contribution in [0.25, 0.3) is 0 Å². The maximum atomic E-state index is 12.2. The number of aromatic nitrogens is 1. The summed E-state index contributed by atoms with van der Waals surface area (Å²) in [7, 11) is 1.85. The molecule has 2 rings (SSSR count). The average molecular weight is 302 g/mol. The van der Waals surface area contributed by atoms with Crippen molar-refractivity contribution in [3.8, 4) is 5.88 Å². The van der Waals surface area contributed by atoms with Gasteiger partial charge in [0, 0.05) is 24.8 Å². The monoisotopic (exact) mass is 302 g/mol. The van der Waals surface area contributed by atoms with Crippen LogP contribution in [-0.2, 0) is 6.54 Å². The molecule has 0 saturated heterocycles. The van der Waals surface area contributed by atoms with Crippen molar-refractivity contribution < 1.29 is 17.9 Å². The molecule has 1 saturated carbocycles. The molecule has 1 aromatic heterocycles. The molecule has 116 valence electrons. The smallest absolute Gasteiger partial charge is 0.422 e. The van der Waals surface area contributed by atoms with E-state index >= 15 is 0 Å². The first kappa shape index (κ1) is 15.4. The minimum absolute atomic E-state index is 0.0690. The molecule has 21 heavy (non-hydrogen) atoms. The molecule has 0 atom stereocenters. The standard InChI is InChI=1S/C13H17F3N4O/c1-20(10-4-5-10)12(17)19-7-9-3-2-6-18-11(9)21-8-13(14,15)16/h2-3,6,10H,4-5,7-8H2,1H3,(H2,17,19). The molecular weight excluding hydrogens is 285 g/mol. The van der Waals surface area contributed by atoms with Crippen molar-refractivity contribution in [2.24, 2.45) is 10.7 Å². The molecule has 0 unspecified atom stereocenters. The van der Waals surface area contributed by atoms with E-state index in [-0.39, 0.29) is 12.4 Å². The summed E-state index contributed by atoms with van der Waals surface area (Å²) in [5.41, 5.74) is 6.30. The predicted octanol–water partition coefficient (Wildman–Crippen LogP) is 1.93. The van der Waals surface area contributed by atoms with Crippen molar-refractivity contribution in [1.82, 2.24) is 9.88 Å². The Hall–Kier alpha value is -1.99. The SMILES string of the molecule is CN(C(N)=NCc1cccnc1OCC(F)(F)F)C1CC1. The molecule has 1 heterocycles. The van der Waals surface area contributed by atoms with Gasteiger partial charge in [-0.05, 0) is 18.9 Å². The number of hydrogen-bond acceptors (Lipinski definition) is 3. The third kappa shape index (κ3) is 4.80. The van der Waals surface area contributed by atoms with Crippen LogP contribution in [-0.4, -0.2) is 41.7 Å². The number of ether oxygens (including phenoxy) is 1. The summed E-state index contributed by atoms with van der Waals surface area (Å²) < 4.78 is 41.2. The lowest BCUT2D eigenvalue weighted by molar-refractivity contribution is -0.154. The number of aliphatic imine (C=N–C) groups is 1. The first-order chi connectivity index (χ1) is 9.87. The number of guanidine groups is 1. The van der Waals surface area contributed by atoms with Gasteiger partial charge in [-0.15, -0.1) is 0 Å². The summed E-state index contributed by atoms with van der Waals surface area (Å²) >= 11 is 0. The van der Waals surface area contributed by atoms with Crippen LogP contribution < -0.4 is 10.5 Å². The summed E-state index contributed by atoms with van der Waals surface area (Å²) in [6.07, 6.45) is -0.860. The van der Waals surface area contributed by atoms with Gasteiger partial charge < -0.3 is 15.4 Å². The van der Waals surface area contributed by atoms with Crippen LogP contribution in [0.15, 0.2) is 23.3 Å². The molecule has 0 radical (unpaired) electrons. The van der Waals surface area contributed by atoms with Gasteiger partial charge in [0.15, 0.2) is 12.6 Å². The molecule has 2 N–H and O–H groups in total. The lowest BCUT2D eigenvalue weighted by Crippen LogP contribution is -2.35. The van der Waals surface area contributed by atoms with Crippen molar-refractivity contribution in [1.29, 1.82) is 0 Å². The molecule has 0 aromatic carbocycles. The van der Waals surface area contributed by atoms with Gasteiger partial charge in [-0.1, -0.05) is 6.07 Å². The van der Waals surface area contributed by atoms with Crippen molar-refractivity contribution in [3.63, 3.8) is 0 Å². The summed E-state index contributed by atoms with van der Waals surface area (Å²) in [5.74, 6) is 0.295. The Morgan fingerprint density at radius 3 is 2.86 bits per heavy atom. The zero-order chi connectivity index (χ0) is 15.5. The fourth-order valence-electron chi connectivity index (χ4n) is 1.75. The highest BCUT2D eigenvalue weighted by molar-refractivity contribution is 5.78. The molecule has 0 amide bonds. The van der Waals surface area contributed by atoms with Gasteiger partial charge in [-0.2, -0.15) is 13.2 Å². The van der Waals surface area contributed by atoms with Crippen LogP contribution in [0.5, 0.6) is 5.88 Å². The summed E-state index contributed by atoms with van der Waals surface area (Å²) in [6, 6.07) is 3.65. The molecular formula is C13H17F3N4O. The number of hydrogen-bond donors (Lipinski definition) is 1. The van der Waals surface area contributed by atoms with Gasteiger partial charge in [-0.25, -0.2) is 9.98 Å². The van der Waals surface area contributed by atoms with E-state index in [0.717, 1.165) is 12.8 Å². The van der Waals surface area contributed by atoms with Gasteiger partial charge >= 0.3 is 6.18 Å². The second-order valence-electron chi connectivity index (χ2n) is 4.89. The fourth-order valence-corrected chi connectivity index (χ4v) is 1.75. The van der Waals surface area contributed by atoms with Gasteiger partial charge in [0.1, 0.15) is 0 Å². The molecule has 1 aliphatic carbocycles. The first-order valence-electron chi connectivity index (χ1n) is 6.53. The number of rotatable bonds is 5. The number of nitrogens with zero attached hydrogens (tertiary/aromatic N) is 3. The fraction of sp³-hybridized carbons (Fsp3) is 0.538. The Labute approximate surface area is 120 Å². The lowest BCUT2D eigenvalue weighted by atomic mass is 10.3. The summed E-state index contributed by atoms with van der Waals surface area (Å²) in [4.78, 5) is 9.85. The molecule has 8 heteroatoms. The van der Waals surface area contributed by atoms with Crippen molar-refractivity contribution >= 4 is 5.96 Å². The van der Waals surface area contributed by atoms with Crippen molar-refractivity contribution in [3.05, 3.63) is 23.9 Å². The Morgan fingerprint density at radius 1 is 1.52 bits per heavy atom. The molecule has 0 bridgehead atoms. The number of pyridine rings is 1. The molecule has 0 spiro atoms. The molecule has 0 aliphatic heterocycles.